The molecule has 4 aromatic rings. The molecule has 35 heavy (non-hydrogen) atoms. The van der Waals surface area contributed by atoms with Gasteiger partial charge >= 0.3 is 0 Å². The fourth-order valence-electron chi connectivity index (χ4n) is 4.07. The van der Waals surface area contributed by atoms with E-state index < -0.39 is 16.9 Å². The molecule has 0 radical (unpaired) electrons. The van der Waals surface area contributed by atoms with Crippen LogP contribution in [0.1, 0.15) is 18.5 Å². The lowest BCUT2D eigenvalue weighted by atomic mass is 9.93. The minimum atomic E-state index is -0.885. The zero-order valence-electron chi connectivity index (χ0n) is 18.8. The van der Waals surface area contributed by atoms with E-state index in [0.29, 0.717) is 34.5 Å². The zero-order valence-corrected chi connectivity index (χ0v) is 19.6. The van der Waals surface area contributed by atoms with Crippen LogP contribution in [0, 0.1) is 10.1 Å². The maximum atomic E-state index is 13.7. The Hall–Kier alpha value is -4.51. The molecule has 2 aromatic heterocycles. The number of nitrogens with one attached hydrogen (secondary N) is 2. The average Bonchev–Trinajstić information content (AvgIpc) is 3.53. The number of allylic oxidation sites excluding steroid dienone is 1. The maximum Gasteiger partial charge on any atom is 0.275 e. The number of anilines is 2. The van der Waals surface area contributed by atoms with Crippen LogP contribution in [0.3, 0.4) is 0 Å². The SMILES string of the molecule is COc1ccccc1NC(=O)C1=C(C)Nc2nc(-c3cccs3)nn2[C@H]1c1ccccc1[N+](=O)[O-]. The molecule has 1 amide bonds. The molecule has 0 bridgehead atoms. The summed E-state index contributed by atoms with van der Waals surface area (Å²) in [5.41, 5.74) is 1.48. The summed E-state index contributed by atoms with van der Waals surface area (Å²) in [6.45, 7) is 1.74. The molecule has 1 aliphatic heterocycles. The van der Waals surface area contributed by atoms with Crippen LogP contribution in [-0.4, -0.2) is 32.7 Å². The summed E-state index contributed by atoms with van der Waals surface area (Å²) in [7, 11) is 1.52. The number of hydrogen-bond donors (Lipinski definition) is 2. The van der Waals surface area contributed by atoms with Crippen LogP contribution in [-0.2, 0) is 4.79 Å². The number of hydrogen-bond acceptors (Lipinski definition) is 8. The number of nitro benzene ring substituents is 1. The van der Waals surface area contributed by atoms with Gasteiger partial charge in [-0.1, -0.05) is 30.3 Å². The molecular formula is C24H20N6O4S. The number of amides is 1. The Labute approximate surface area is 204 Å². The normalized spacial score (nSPS) is 14.7. The standard InChI is InChI=1S/C24H20N6O4S/c1-14-20(23(31)26-16-9-4-6-11-18(16)34-2)21(15-8-3-5-10-17(15)30(32)33)29-24(25-14)27-22(28-29)19-12-7-13-35-19/h3-13,21H,1-2H3,(H,26,31)(H,25,27,28)/t21-/m0/s1. The Bertz CT molecular complexity index is 1460. The first kappa shape index (κ1) is 22.3. The van der Waals surface area contributed by atoms with Crippen LogP contribution in [0.4, 0.5) is 17.3 Å². The summed E-state index contributed by atoms with van der Waals surface area (Å²) < 4.78 is 6.89. The first-order chi connectivity index (χ1) is 17.0. The van der Waals surface area contributed by atoms with E-state index in [0.717, 1.165) is 4.88 Å². The molecule has 0 unspecified atom stereocenters. The van der Waals surface area contributed by atoms with Crippen LogP contribution < -0.4 is 15.4 Å². The molecule has 10 nitrogen and oxygen atoms in total. The van der Waals surface area contributed by atoms with Gasteiger partial charge in [0.05, 0.1) is 33.7 Å². The first-order valence-electron chi connectivity index (χ1n) is 10.6. The Morgan fingerprint density at radius 3 is 2.69 bits per heavy atom. The van der Waals surface area contributed by atoms with Crippen LogP contribution in [0.2, 0.25) is 0 Å². The highest BCUT2D eigenvalue weighted by atomic mass is 32.1. The number of thiophene rings is 1. The van der Waals surface area contributed by atoms with Gasteiger partial charge in [-0.05, 0) is 36.6 Å². The molecule has 0 fully saturated rings. The van der Waals surface area contributed by atoms with E-state index in [4.69, 9.17) is 4.74 Å². The van der Waals surface area contributed by atoms with E-state index in [9.17, 15) is 14.9 Å². The number of rotatable bonds is 6. The molecule has 2 N–H and O–H groups in total. The molecule has 3 heterocycles. The second-order valence-corrected chi connectivity index (χ2v) is 8.67. The van der Waals surface area contributed by atoms with Gasteiger partial charge in [0.15, 0.2) is 5.82 Å². The fourth-order valence-corrected chi connectivity index (χ4v) is 4.72. The quantitative estimate of drug-likeness (QED) is 0.294. The van der Waals surface area contributed by atoms with Crippen LogP contribution in [0.5, 0.6) is 5.75 Å². The van der Waals surface area contributed by atoms with Crippen molar-refractivity contribution in [3.05, 3.63) is 93.0 Å². The largest absolute Gasteiger partial charge is 0.495 e. The first-order valence-corrected chi connectivity index (χ1v) is 11.5. The highest BCUT2D eigenvalue weighted by molar-refractivity contribution is 7.13. The Balaban J connectivity index is 1.65. The zero-order chi connectivity index (χ0) is 24.5. The van der Waals surface area contributed by atoms with Gasteiger partial charge in [-0.3, -0.25) is 14.9 Å². The van der Waals surface area contributed by atoms with Gasteiger partial charge in [0.1, 0.15) is 11.8 Å². The van der Waals surface area contributed by atoms with Crippen molar-refractivity contribution >= 4 is 34.6 Å². The fraction of sp³-hybridized carbons (Fsp3) is 0.125. The Morgan fingerprint density at radius 2 is 1.94 bits per heavy atom. The molecule has 176 valence electrons. The molecular weight excluding hydrogens is 468 g/mol. The molecule has 0 aliphatic carbocycles. The monoisotopic (exact) mass is 488 g/mol. The number of para-hydroxylation sites is 3. The molecule has 0 saturated heterocycles. The molecule has 5 rings (SSSR count). The van der Waals surface area contributed by atoms with E-state index in [-0.39, 0.29) is 11.3 Å². The summed E-state index contributed by atoms with van der Waals surface area (Å²) in [5.74, 6) is 0.904. The van der Waals surface area contributed by atoms with Crippen molar-refractivity contribution in [2.75, 3.05) is 17.7 Å². The number of nitrogens with zero attached hydrogens (tertiary/aromatic N) is 4. The minimum Gasteiger partial charge on any atom is -0.495 e. The molecule has 2 aromatic carbocycles. The van der Waals surface area contributed by atoms with Crippen molar-refractivity contribution in [2.24, 2.45) is 0 Å². The minimum absolute atomic E-state index is 0.117. The van der Waals surface area contributed by atoms with Gasteiger partial charge in [-0.25, -0.2) is 4.68 Å². The third kappa shape index (κ3) is 4.02. The van der Waals surface area contributed by atoms with Crippen molar-refractivity contribution in [3.63, 3.8) is 0 Å². The van der Waals surface area contributed by atoms with Gasteiger partial charge in [-0.2, -0.15) is 4.98 Å². The van der Waals surface area contributed by atoms with Crippen LogP contribution >= 0.6 is 11.3 Å². The van der Waals surface area contributed by atoms with Crippen molar-refractivity contribution in [1.82, 2.24) is 14.8 Å². The van der Waals surface area contributed by atoms with Gasteiger partial charge in [-0.15, -0.1) is 16.4 Å². The number of benzene rings is 2. The average molecular weight is 489 g/mol. The molecule has 11 heteroatoms. The van der Waals surface area contributed by atoms with Gasteiger partial charge in [0.2, 0.25) is 5.95 Å². The number of nitro groups is 1. The Morgan fingerprint density at radius 1 is 1.17 bits per heavy atom. The lowest BCUT2D eigenvalue weighted by molar-refractivity contribution is -0.385. The number of ether oxygens (including phenoxy) is 1. The smallest absolute Gasteiger partial charge is 0.275 e. The van der Waals surface area contributed by atoms with E-state index in [2.05, 4.69) is 20.7 Å². The summed E-state index contributed by atoms with van der Waals surface area (Å²) in [6, 6.07) is 16.3. The number of carbonyl (C=O) groups is 1. The van der Waals surface area contributed by atoms with Crippen molar-refractivity contribution < 1.29 is 14.5 Å². The van der Waals surface area contributed by atoms with Crippen molar-refractivity contribution in [2.45, 2.75) is 13.0 Å². The lowest BCUT2D eigenvalue weighted by Crippen LogP contribution is -2.32. The summed E-state index contributed by atoms with van der Waals surface area (Å²) in [6.07, 6.45) is 0. The van der Waals surface area contributed by atoms with E-state index in [1.54, 1.807) is 49.4 Å². The maximum absolute atomic E-state index is 13.7. The van der Waals surface area contributed by atoms with E-state index in [1.165, 1.54) is 29.2 Å². The number of fused-ring (bicyclic) bond motifs is 1. The third-order valence-corrected chi connectivity index (χ3v) is 6.49. The summed E-state index contributed by atoms with van der Waals surface area (Å²) in [4.78, 5) is 30.6. The van der Waals surface area contributed by atoms with Crippen LogP contribution in [0.15, 0.2) is 77.3 Å². The molecule has 1 aliphatic rings. The second kappa shape index (κ2) is 9.03. The Kier molecular flexibility index (Phi) is 5.75. The number of methoxy groups -OCH3 is 1. The summed E-state index contributed by atoms with van der Waals surface area (Å²) in [5, 5.41) is 24.5. The number of aromatic nitrogens is 3. The second-order valence-electron chi connectivity index (χ2n) is 7.72. The molecule has 1 atom stereocenters. The van der Waals surface area contributed by atoms with Gasteiger partial charge in [0.25, 0.3) is 11.6 Å². The van der Waals surface area contributed by atoms with E-state index in [1.807, 2.05) is 17.5 Å². The highest BCUT2D eigenvalue weighted by Crippen LogP contribution is 2.40. The van der Waals surface area contributed by atoms with Crippen molar-refractivity contribution in [3.8, 4) is 16.5 Å². The van der Waals surface area contributed by atoms with Crippen molar-refractivity contribution in [1.29, 1.82) is 0 Å². The highest BCUT2D eigenvalue weighted by Gasteiger charge is 2.38. The third-order valence-electron chi connectivity index (χ3n) is 5.62. The molecule has 0 spiro atoms. The summed E-state index contributed by atoms with van der Waals surface area (Å²) >= 11 is 1.48. The lowest BCUT2D eigenvalue weighted by Gasteiger charge is -2.28. The van der Waals surface area contributed by atoms with Crippen LogP contribution in [0.25, 0.3) is 10.7 Å². The number of carbonyl (C=O) groups excluding carboxylic acids is 1. The predicted octanol–water partition coefficient (Wildman–Crippen LogP) is 4.85. The topological polar surface area (TPSA) is 124 Å². The van der Waals surface area contributed by atoms with E-state index >= 15 is 0 Å². The predicted molar refractivity (Wildman–Crippen MR) is 133 cm³/mol. The molecule has 0 saturated carbocycles. The van der Waals surface area contributed by atoms with Gasteiger partial charge in [0, 0.05) is 11.8 Å². The van der Waals surface area contributed by atoms with Gasteiger partial charge < -0.3 is 15.4 Å².